The highest BCUT2D eigenvalue weighted by molar-refractivity contribution is 5.84. The molecule has 1 N–H and O–H groups in total. The summed E-state index contributed by atoms with van der Waals surface area (Å²) in [5, 5.41) is 8.74. The number of rotatable bonds is 6. The van der Waals surface area contributed by atoms with Crippen molar-refractivity contribution in [1.82, 2.24) is 0 Å². The average Bonchev–Trinajstić information content (AvgIpc) is 2.49. The monoisotopic (exact) mass is 212 g/mol. The summed E-state index contributed by atoms with van der Waals surface area (Å²) in [7, 11) is 0. The van der Waals surface area contributed by atoms with Crippen LogP contribution in [0.5, 0.6) is 0 Å². The first-order valence-corrected chi connectivity index (χ1v) is 5.89. The van der Waals surface area contributed by atoms with Gasteiger partial charge in [-0.05, 0) is 18.8 Å². The highest BCUT2D eigenvalue weighted by Gasteiger charge is 2.34. The molecule has 0 aromatic heterocycles. The molecular weight excluding hydrogens is 192 g/mol. The molecule has 15 heavy (non-hydrogen) atoms. The summed E-state index contributed by atoms with van der Waals surface area (Å²) in [6.07, 6.45) is 5.78. The molecule has 1 fully saturated rings. The van der Waals surface area contributed by atoms with E-state index < -0.39 is 5.97 Å². The molecule has 2 atom stereocenters. The summed E-state index contributed by atoms with van der Waals surface area (Å²) >= 11 is 0. The number of aliphatic carboxylic acids is 1. The Balaban J connectivity index is 2.41. The largest absolute Gasteiger partial charge is 0.481 e. The minimum Gasteiger partial charge on any atom is -0.481 e. The molecule has 0 heterocycles. The van der Waals surface area contributed by atoms with Crippen LogP contribution in [-0.4, -0.2) is 16.9 Å². The maximum absolute atomic E-state index is 11.6. The third-order valence-electron chi connectivity index (χ3n) is 3.30. The first kappa shape index (κ1) is 12.2. The van der Waals surface area contributed by atoms with Crippen LogP contribution >= 0.6 is 0 Å². The fourth-order valence-corrected chi connectivity index (χ4v) is 2.46. The average molecular weight is 212 g/mol. The van der Waals surface area contributed by atoms with Gasteiger partial charge >= 0.3 is 5.97 Å². The Morgan fingerprint density at radius 3 is 2.80 bits per heavy atom. The molecule has 1 aliphatic rings. The first-order chi connectivity index (χ1) is 7.15. The second-order valence-corrected chi connectivity index (χ2v) is 4.47. The predicted octanol–water partition coefficient (Wildman–Crippen LogP) is 2.64. The molecule has 0 radical (unpaired) electrons. The number of unbranched alkanes of at least 4 members (excludes halogenated alkanes) is 2. The first-order valence-electron chi connectivity index (χ1n) is 5.89. The highest BCUT2D eigenvalue weighted by Crippen LogP contribution is 2.34. The maximum atomic E-state index is 11.6. The van der Waals surface area contributed by atoms with E-state index in [9.17, 15) is 9.59 Å². The Labute approximate surface area is 90.9 Å². The van der Waals surface area contributed by atoms with Gasteiger partial charge in [-0.25, -0.2) is 0 Å². The fraction of sp³-hybridized carbons (Fsp3) is 0.833. The van der Waals surface area contributed by atoms with Gasteiger partial charge in [-0.3, -0.25) is 9.59 Å². The minimum absolute atomic E-state index is 0.0349. The Kier molecular flexibility index (Phi) is 4.79. The number of Topliss-reactive ketones (excluding diaryl/α,β-unsaturated/α-hetero) is 1. The van der Waals surface area contributed by atoms with Crippen LogP contribution in [0.25, 0.3) is 0 Å². The molecule has 3 heteroatoms. The third-order valence-corrected chi connectivity index (χ3v) is 3.30. The van der Waals surface area contributed by atoms with Crippen LogP contribution in [0.4, 0.5) is 0 Å². The van der Waals surface area contributed by atoms with Gasteiger partial charge in [-0.2, -0.15) is 0 Å². The van der Waals surface area contributed by atoms with Gasteiger partial charge in [0.05, 0.1) is 0 Å². The number of carboxylic acid groups (broad SMARTS) is 1. The molecule has 0 bridgehead atoms. The van der Waals surface area contributed by atoms with E-state index in [1.807, 2.05) is 0 Å². The lowest BCUT2D eigenvalue weighted by molar-refractivity contribution is -0.138. The number of hydrogen-bond donors (Lipinski definition) is 1. The number of carbonyl (C=O) groups excluding carboxylic acids is 1. The molecule has 0 unspecified atom stereocenters. The van der Waals surface area contributed by atoms with Crippen LogP contribution in [0.1, 0.15) is 51.9 Å². The molecule has 0 aromatic carbocycles. The van der Waals surface area contributed by atoms with Crippen molar-refractivity contribution in [3.05, 3.63) is 0 Å². The summed E-state index contributed by atoms with van der Waals surface area (Å²) in [5.41, 5.74) is 0. The lowest BCUT2D eigenvalue weighted by Gasteiger charge is -2.15. The zero-order chi connectivity index (χ0) is 11.3. The van der Waals surface area contributed by atoms with Gasteiger partial charge in [0.2, 0.25) is 0 Å². The maximum Gasteiger partial charge on any atom is 0.303 e. The smallest absolute Gasteiger partial charge is 0.303 e. The number of ketones is 1. The second-order valence-electron chi connectivity index (χ2n) is 4.47. The van der Waals surface area contributed by atoms with Crippen molar-refractivity contribution in [2.24, 2.45) is 11.8 Å². The number of carbonyl (C=O) groups is 2. The third kappa shape index (κ3) is 3.65. The molecule has 1 rings (SSSR count). The second kappa shape index (κ2) is 5.89. The summed E-state index contributed by atoms with van der Waals surface area (Å²) in [6.45, 7) is 2.13. The van der Waals surface area contributed by atoms with E-state index in [0.29, 0.717) is 6.42 Å². The van der Waals surface area contributed by atoms with Crippen LogP contribution < -0.4 is 0 Å². The topological polar surface area (TPSA) is 54.4 Å². The van der Waals surface area contributed by atoms with E-state index in [1.165, 1.54) is 0 Å². The van der Waals surface area contributed by atoms with Crippen molar-refractivity contribution in [1.29, 1.82) is 0 Å². The SMILES string of the molecule is CCCCC[C@H]1C(=O)CC[C@@H]1CC(=O)O. The van der Waals surface area contributed by atoms with Gasteiger partial charge in [0.15, 0.2) is 0 Å². The van der Waals surface area contributed by atoms with Crippen LogP contribution in [0, 0.1) is 11.8 Å². The Morgan fingerprint density at radius 1 is 1.47 bits per heavy atom. The standard InChI is InChI=1S/C12H20O3/c1-2-3-4-5-10-9(8-12(14)15)6-7-11(10)13/h9-10H,2-8H2,1H3,(H,14,15)/t9-,10-/m1/s1. The molecule has 3 nitrogen and oxygen atoms in total. The summed E-state index contributed by atoms with van der Waals surface area (Å²) < 4.78 is 0. The van der Waals surface area contributed by atoms with Gasteiger partial charge in [-0.15, -0.1) is 0 Å². The zero-order valence-electron chi connectivity index (χ0n) is 9.37. The minimum atomic E-state index is -0.768. The van der Waals surface area contributed by atoms with E-state index in [0.717, 1.165) is 32.1 Å². The molecular formula is C12H20O3. The highest BCUT2D eigenvalue weighted by atomic mass is 16.4. The Morgan fingerprint density at radius 2 is 2.20 bits per heavy atom. The van der Waals surface area contributed by atoms with Crippen molar-refractivity contribution in [3.8, 4) is 0 Å². The summed E-state index contributed by atoms with van der Waals surface area (Å²) in [4.78, 5) is 22.2. The Bertz CT molecular complexity index is 235. The molecule has 1 aliphatic carbocycles. The van der Waals surface area contributed by atoms with Gasteiger partial charge in [0, 0.05) is 18.8 Å². The van der Waals surface area contributed by atoms with Crippen molar-refractivity contribution in [3.63, 3.8) is 0 Å². The van der Waals surface area contributed by atoms with E-state index in [-0.39, 0.29) is 24.0 Å². The molecule has 0 aliphatic heterocycles. The zero-order valence-corrected chi connectivity index (χ0v) is 9.37. The Hall–Kier alpha value is -0.860. The molecule has 1 saturated carbocycles. The molecule has 86 valence electrons. The van der Waals surface area contributed by atoms with Gasteiger partial charge < -0.3 is 5.11 Å². The summed E-state index contributed by atoms with van der Waals surface area (Å²) in [6, 6.07) is 0. The van der Waals surface area contributed by atoms with Crippen LogP contribution in [0.3, 0.4) is 0 Å². The van der Waals surface area contributed by atoms with E-state index in [1.54, 1.807) is 0 Å². The molecule has 0 amide bonds. The van der Waals surface area contributed by atoms with Crippen molar-refractivity contribution in [2.75, 3.05) is 0 Å². The van der Waals surface area contributed by atoms with E-state index >= 15 is 0 Å². The summed E-state index contributed by atoms with van der Waals surface area (Å²) in [5.74, 6) is -0.341. The quantitative estimate of drug-likeness (QED) is 0.688. The van der Waals surface area contributed by atoms with Crippen molar-refractivity contribution >= 4 is 11.8 Å². The molecule has 0 aromatic rings. The van der Waals surface area contributed by atoms with Gasteiger partial charge in [0.1, 0.15) is 5.78 Å². The molecule has 0 saturated heterocycles. The van der Waals surface area contributed by atoms with Crippen LogP contribution in [0.15, 0.2) is 0 Å². The number of hydrogen-bond acceptors (Lipinski definition) is 2. The van der Waals surface area contributed by atoms with Crippen molar-refractivity contribution in [2.45, 2.75) is 51.9 Å². The van der Waals surface area contributed by atoms with E-state index in [2.05, 4.69) is 6.92 Å². The van der Waals surface area contributed by atoms with Crippen LogP contribution in [-0.2, 0) is 9.59 Å². The number of carboxylic acids is 1. The lowest BCUT2D eigenvalue weighted by Crippen LogP contribution is -2.17. The normalized spacial score (nSPS) is 25.8. The van der Waals surface area contributed by atoms with E-state index in [4.69, 9.17) is 5.11 Å². The van der Waals surface area contributed by atoms with Crippen LogP contribution in [0.2, 0.25) is 0 Å². The van der Waals surface area contributed by atoms with Gasteiger partial charge in [-0.1, -0.05) is 26.2 Å². The van der Waals surface area contributed by atoms with Crippen molar-refractivity contribution < 1.29 is 14.7 Å². The predicted molar refractivity (Wildman–Crippen MR) is 57.6 cm³/mol. The van der Waals surface area contributed by atoms with Gasteiger partial charge in [0.25, 0.3) is 0 Å². The lowest BCUT2D eigenvalue weighted by atomic mass is 9.88. The molecule has 0 spiro atoms. The fourth-order valence-electron chi connectivity index (χ4n) is 2.46.